The molecule has 0 spiro atoms. The Kier molecular flexibility index (Phi) is 5.29. The van der Waals surface area contributed by atoms with Crippen LogP contribution in [0.25, 0.3) is 5.76 Å². The van der Waals surface area contributed by atoms with Crippen LogP contribution >= 0.6 is 0 Å². The lowest BCUT2D eigenvalue weighted by molar-refractivity contribution is -0.132. The highest BCUT2D eigenvalue weighted by Crippen LogP contribution is 2.42. The van der Waals surface area contributed by atoms with E-state index >= 15 is 0 Å². The number of aliphatic hydroxyl groups excluding tert-OH is 1. The molecule has 1 unspecified atom stereocenters. The van der Waals surface area contributed by atoms with Gasteiger partial charge in [-0.1, -0.05) is 23.8 Å². The smallest absolute Gasteiger partial charge is 0.300 e. The van der Waals surface area contributed by atoms with Gasteiger partial charge in [0.1, 0.15) is 11.5 Å². The maximum atomic E-state index is 13.1. The average molecular weight is 414 g/mol. The van der Waals surface area contributed by atoms with Crippen LogP contribution in [0.4, 0.5) is 5.69 Å². The molecule has 0 bridgehead atoms. The van der Waals surface area contributed by atoms with Crippen molar-refractivity contribution in [2.75, 3.05) is 12.0 Å². The molecule has 156 valence electrons. The Hall–Kier alpha value is -3.93. The number of rotatable bonds is 4. The molecule has 1 aliphatic heterocycles. The number of amides is 1. The van der Waals surface area contributed by atoms with E-state index in [0.29, 0.717) is 22.6 Å². The lowest BCUT2D eigenvalue weighted by Crippen LogP contribution is -2.29. The quantitative estimate of drug-likeness (QED) is 0.390. The number of pyridine rings is 1. The Morgan fingerprint density at radius 3 is 2.42 bits per heavy atom. The van der Waals surface area contributed by atoms with E-state index in [1.54, 1.807) is 62.0 Å². The Morgan fingerprint density at radius 1 is 1.06 bits per heavy atom. The molecule has 0 aliphatic carbocycles. The molecular weight excluding hydrogens is 392 g/mol. The van der Waals surface area contributed by atoms with Crippen LogP contribution in [0.1, 0.15) is 28.3 Å². The number of carbonyl (C=O) groups excluding carboxylic acids is 2. The number of aromatic nitrogens is 1. The van der Waals surface area contributed by atoms with Crippen LogP contribution in [0.2, 0.25) is 0 Å². The molecule has 1 amide bonds. The molecular formula is C25H22N2O4. The van der Waals surface area contributed by atoms with Gasteiger partial charge in [0.2, 0.25) is 0 Å². The van der Waals surface area contributed by atoms with Gasteiger partial charge in [0, 0.05) is 23.6 Å². The van der Waals surface area contributed by atoms with E-state index in [4.69, 9.17) is 4.74 Å². The number of ether oxygens (including phenoxy) is 1. The minimum absolute atomic E-state index is 0.0341. The number of hydrogen-bond donors (Lipinski definition) is 1. The van der Waals surface area contributed by atoms with Crippen molar-refractivity contribution in [2.45, 2.75) is 19.9 Å². The van der Waals surface area contributed by atoms with Gasteiger partial charge in [0.05, 0.1) is 18.7 Å². The van der Waals surface area contributed by atoms with Crippen LogP contribution in [0.3, 0.4) is 0 Å². The summed E-state index contributed by atoms with van der Waals surface area (Å²) in [5.74, 6) is -1.01. The zero-order valence-electron chi connectivity index (χ0n) is 17.5. The van der Waals surface area contributed by atoms with E-state index in [1.165, 1.54) is 4.90 Å². The fraction of sp³-hybridized carbons (Fsp3) is 0.160. The summed E-state index contributed by atoms with van der Waals surface area (Å²) in [6.07, 6.45) is 3.22. The number of aliphatic hydroxyl groups is 1. The number of aryl methyl sites for hydroxylation is 2. The fourth-order valence-corrected chi connectivity index (χ4v) is 3.83. The van der Waals surface area contributed by atoms with Crippen LogP contribution in [-0.4, -0.2) is 28.9 Å². The zero-order valence-corrected chi connectivity index (χ0v) is 17.5. The third kappa shape index (κ3) is 3.57. The molecule has 6 nitrogen and oxygen atoms in total. The number of ketones is 1. The fourth-order valence-electron chi connectivity index (χ4n) is 3.83. The minimum Gasteiger partial charge on any atom is -0.507 e. The number of nitrogens with zero attached hydrogens (tertiary/aromatic N) is 2. The summed E-state index contributed by atoms with van der Waals surface area (Å²) >= 11 is 0. The van der Waals surface area contributed by atoms with Crippen LogP contribution in [0.5, 0.6) is 5.75 Å². The second kappa shape index (κ2) is 8.07. The second-order valence-electron chi connectivity index (χ2n) is 7.47. The molecule has 31 heavy (non-hydrogen) atoms. The maximum absolute atomic E-state index is 13.1. The number of methoxy groups -OCH3 is 1. The highest BCUT2D eigenvalue weighted by atomic mass is 16.5. The van der Waals surface area contributed by atoms with Crippen molar-refractivity contribution < 1.29 is 19.4 Å². The van der Waals surface area contributed by atoms with Crippen molar-refractivity contribution in [3.8, 4) is 5.75 Å². The van der Waals surface area contributed by atoms with Gasteiger partial charge in [-0.3, -0.25) is 19.5 Å². The maximum Gasteiger partial charge on any atom is 0.300 e. The van der Waals surface area contributed by atoms with E-state index in [9.17, 15) is 14.7 Å². The zero-order chi connectivity index (χ0) is 22.1. The summed E-state index contributed by atoms with van der Waals surface area (Å²) in [7, 11) is 1.56. The summed E-state index contributed by atoms with van der Waals surface area (Å²) in [6.45, 7) is 3.76. The molecule has 1 aromatic heterocycles. The topological polar surface area (TPSA) is 79.7 Å². The minimum atomic E-state index is -0.794. The van der Waals surface area contributed by atoms with Crippen LogP contribution in [0.15, 0.2) is 72.6 Å². The van der Waals surface area contributed by atoms with Crippen LogP contribution < -0.4 is 9.64 Å². The van der Waals surface area contributed by atoms with Crippen LogP contribution in [-0.2, 0) is 9.59 Å². The molecule has 2 aromatic carbocycles. The summed E-state index contributed by atoms with van der Waals surface area (Å²) in [4.78, 5) is 31.8. The third-order valence-corrected chi connectivity index (χ3v) is 5.45. The number of carbonyl (C=O) groups is 2. The number of benzene rings is 2. The lowest BCUT2D eigenvalue weighted by atomic mass is 9.94. The first-order chi connectivity index (χ1) is 14.9. The summed E-state index contributed by atoms with van der Waals surface area (Å²) in [6, 6.07) is 15.2. The van der Waals surface area contributed by atoms with E-state index in [2.05, 4.69) is 4.98 Å². The monoisotopic (exact) mass is 414 g/mol. The first-order valence-electron chi connectivity index (χ1n) is 9.85. The number of anilines is 1. The molecule has 6 heteroatoms. The Balaban J connectivity index is 1.93. The predicted molar refractivity (Wildman–Crippen MR) is 118 cm³/mol. The van der Waals surface area contributed by atoms with E-state index in [0.717, 1.165) is 11.1 Å². The van der Waals surface area contributed by atoms with Crippen molar-refractivity contribution in [3.63, 3.8) is 0 Å². The van der Waals surface area contributed by atoms with Gasteiger partial charge in [-0.2, -0.15) is 0 Å². The van der Waals surface area contributed by atoms with E-state index in [-0.39, 0.29) is 11.3 Å². The van der Waals surface area contributed by atoms with Gasteiger partial charge < -0.3 is 9.84 Å². The van der Waals surface area contributed by atoms with Gasteiger partial charge >= 0.3 is 0 Å². The lowest BCUT2D eigenvalue weighted by Gasteiger charge is -2.25. The molecule has 4 rings (SSSR count). The van der Waals surface area contributed by atoms with E-state index < -0.39 is 17.7 Å². The average Bonchev–Trinajstić information content (AvgIpc) is 3.05. The van der Waals surface area contributed by atoms with Crippen molar-refractivity contribution in [1.82, 2.24) is 4.98 Å². The summed E-state index contributed by atoms with van der Waals surface area (Å²) in [5.41, 5.74) is 3.47. The van der Waals surface area contributed by atoms with Crippen molar-refractivity contribution in [1.29, 1.82) is 0 Å². The first-order valence-corrected chi connectivity index (χ1v) is 9.85. The van der Waals surface area contributed by atoms with Gasteiger partial charge in [-0.25, -0.2) is 0 Å². The molecule has 1 fully saturated rings. The molecule has 1 aliphatic rings. The molecule has 1 atom stereocenters. The first kappa shape index (κ1) is 20.3. The molecule has 0 saturated carbocycles. The predicted octanol–water partition coefficient (Wildman–Crippen LogP) is 4.33. The molecule has 3 aromatic rings. The Bertz CT molecular complexity index is 1180. The Labute approximate surface area is 180 Å². The van der Waals surface area contributed by atoms with E-state index in [1.807, 2.05) is 26.0 Å². The Morgan fingerprint density at radius 2 is 1.81 bits per heavy atom. The van der Waals surface area contributed by atoms with Gasteiger partial charge in [-0.15, -0.1) is 0 Å². The largest absolute Gasteiger partial charge is 0.507 e. The highest BCUT2D eigenvalue weighted by Gasteiger charge is 2.47. The van der Waals surface area contributed by atoms with Gasteiger partial charge in [0.25, 0.3) is 11.7 Å². The SMILES string of the molecule is COc1ccc(/C(O)=C2/C(=O)C(=O)N(c3ccc(C)cc3)C2c2cccnc2)c(C)c1. The molecule has 1 N–H and O–H groups in total. The van der Waals surface area contributed by atoms with Crippen LogP contribution in [0, 0.1) is 13.8 Å². The van der Waals surface area contributed by atoms with Crippen molar-refractivity contribution >= 4 is 23.1 Å². The van der Waals surface area contributed by atoms with Crippen molar-refractivity contribution in [2.24, 2.45) is 0 Å². The van der Waals surface area contributed by atoms with Crippen molar-refractivity contribution in [3.05, 3.63) is 94.8 Å². The highest BCUT2D eigenvalue weighted by molar-refractivity contribution is 6.51. The molecule has 2 heterocycles. The van der Waals surface area contributed by atoms with Gasteiger partial charge in [0.15, 0.2) is 0 Å². The standard InChI is InChI=1S/C25H22N2O4/c1-15-6-8-18(9-7-15)27-22(17-5-4-12-26-14-17)21(24(29)25(27)30)23(28)20-11-10-19(31-3)13-16(20)2/h4-14,22,28H,1-3H3/b23-21-. The van der Waals surface area contributed by atoms with Gasteiger partial charge in [-0.05, 0) is 61.4 Å². The third-order valence-electron chi connectivity index (χ3n) is 5.45. The summed E-state index contributed by atoms with van der Waals surface area (Å²) < 4.78 is 5.23. The normalized spacial score (nSPS) is 17.8. The summed E-state index contributed by atoms with van der Waals surface area (Å²) in [5, 5.41) is 11.2. The molecule has 0 radical (unpaired) electrons. The second-order valence-corrected chi connectivity index (χ2v) is 7.47. The molecule has 1 saturated heterocycles. The number of hydrogen-bond acceptors (Lipinski definition) is 5. The number of Topliss-reactive ketones (excluding diaryl/α,β-unsaturated/α-hetero) is 1.